The molecule has 0 fully saturated rings. The molecule has 9 heteroatoms. The number of carbonyl (C=O) groups is 2. The Morgan fingerprint density at radius 2 is 2.14 bits per heavy atom. The lowest BCUT2D eigenvalue weighted by Crippen LogP contribution is -2.44. The van der Waals surface area contributed by atoms with E-state index in [4.69, 9.17) is 4.74 Å². The highest BCUT2D eigenvalue weighted by Crippen LogP contribution is 2.34. The van der Waals surface area contributed by atoms with E-state index in [1.165, 1.54) is 4.90 Å². The van der Waals surface area contributed by atoms with Crippen molar-refractivity contribution in [3.63, 3.8) is 0 Å². The van der Waals surface area contributed by atoms with Crippen LogP contribution >= 0.6 is 0 Å². The van der Waals surface area contributed by atoms with Gasteiger partial charge in [-0.25, -0.2) is 0 Å². The lowest BCUT2D eigenvalue weighted by atomic mass is 10.1. The van der Waals surface area contributed by atoms with Gasteiger partial charge in [-0.15, -0.1) is 5.10 Å². The van der Waals surface area contributed by atoms with E-state index < -0.39 is 0 Å². The highest BCUT2D eigenvalue weighted by Gasteiger charge is 2.27. The topological polar surface area (TPSA) is 92.6 Å². The number of fused-ring (bicyclic) bond motifs is 1. The van der Waals surface area contributed by atoms with Crippen LogP contribution in [0.2, 0.25) is 0 Å². The van der Waals surface area contributed by atoms with Gasteiger partial charge >= 0.3 is 0 Å². The van der Waals surface area contributed by atoms with Crippen LogP contribution in [0.4, 0.5) is 5.69 Å². The smallest absolute Gasteiger partial charge is 0.253 e. The molecule has 1 aromatic carbocycles. The lowest BCUT2D eigenvalue weighted by molar-refractivity contribution is -0.121. The number of hydrogen-bond acceptors (Lipinski definition) is 6. The summed E-state index contributed by atoms with van der Waals surface area (Å²) in [4.78, 5) is 28.1. The maximum Gasteiger partial charge on any atom is 0.253 e. The van der Waals surface area contributed by atoms with Crippen molar-refractivity contribution in [2.24, 2.45) is 0 Å². The molecule has 9 nitrogen and oxygen atoms in total. The molecule has 28 heavy (non-hydrogen) atoms. The molecule has 1 atom stereocenters. The van der Waals surface area contributed by atoms with E-state index in [-0.39, 0.29) is 17.9 Å². The molecule has 0 aliphatic carbocycles. The first-order valence-corrected chi connectivity index (χ1v) is 9.20. The van der Waals surface area contributed by atoms with E-state index in [1.54, 1.807) is 30.9 Å². The summed E-state index contributed by atoms with van der Waals surface area (Å²) in [5.74, 6) is 0.594. The van der Waals surface area contributed by atoms with Crippen LogP contribution in [-0.2, 0) is 11.3 Å². The number of aromatic nitrogens is 3. The van der Waals surface area contributed by atoms with Gasteiger partial charge in [0.15, 0.2) is 0 Å². The van der Waals surface area contributed by atoms with Crippen molar-refractivity contribution in [1.29, 1.82) is 0 Å². The molecule has 2 heterocycles. The van der Waals surface area contributed by atoms with Gasteiger partial charge in [0.25, 0.3) is 5.91 Å². The lowest BCUT2D eigenvalue weighted by Gasteiger charge is -2.35. The standard InChI is InChI=1S/C19H26N6O3/c1-13-11-25(22-21-13)8-7-20-18(26)10-15-12-28-17-6-5-14(19(27)23(2)3)9-16(17)24(15)4/h5-6,9,11,15H,7-8,10,12H2,1-4H3,(H,20,26)/t15-/m0/s1. The molecular formula is C19H26N6O3. The van der Waals surface area contributed by atoms with Crippen LogP contribution in [0.15, 0.2) is 24.4 Å². The van der Waals surface area contributed by atoms with E-state index >= 15 is 0 Å². The number of hydrogen-bond donors (Lipinski definition) is 1. The number of nitrogens with zero attached hydrogens (tertiary/aromatic N) is 5. The predicted octanol–water partition coefficient (Wildman–Crippen LogP) is 0.692. The zero-order valence-corrected chi connectivity index (χ0v) is 16.7. The maximum atomic E-state index is 12.3. The molecule has 1 N–H and O–H groups in total. The molecule has 0 spiro atoms. The molecule has 2 amide bonds. The second kappa shape index (κ2) is 8.28. The normalized spacial score (nSPS) is 15.6. The minimum Gasteiger partial charge on any atom is -0.489 e. The fraction of sp³-hybridized carbons (Fsp3) is 0.474. The summed E-state index contributed by atoms with van der Waals surface area (Å²) < 4.78 is 7.51. The van der Waals surface area contributed by atoms with Gasteiger partial charge in [0, 0.05) is 39.4 Å². The number of rotatable bonds is 6. The number of aryl methyl sites for hydroxylation is 1. The summed E-state index contributed by atoms with van der Waals surface area (Å²) in [6.07, 6.45) is 2.14. The molecule has 1 aliphatic heterocycles. The van der Waals surface area contributed by atoms with Crippen molar-refractivity contribution in [2.45, 2.75) is 25.9 Å². The maximum absolute atomic E-state index is 12.3. The number of carbonyl (C=O) groups excluding carboxylic acids is 2. The number of amides is 2. The van der Waals surface area contributed by atoms with Crippen LogP contribution in [0.5, 0.6) is 5.75 Å². The number of ether oxygens (including phenoxy) is 1. The molecular weight excluding hydrogens is 360 g/mol. The third-order valence-electron chi connectivity index (χ3n) is 4.71. The molecule has 150 valence electrons. The van der Waals surface area contributed by atoms with E-state index in [0.29, 0.717) is 31.7 Å². The predicted molar refractivity (Wildman–Crippen MR) is 105 cm³/mol. The summed E-state index contributed by atoms with van der Waals surface area (Å²) in [5, 5.41) is 10.8. The van der Waals surface area contributed by atoms with Gasteiger partial charge in [-0.3, -0.25) is 14.3 Å². The monoisotopic (exact) mass is 386 g/mol. The van der Waals surface area contributed by atoms with Gasteiger partial charge < -0.3 is 19.9 Å². The van der Waals surface area contributed by atoms with E-state index in [2.05, 4.69) is 15.6 Å². The Morgan fingerprint density at radius 3 is 2.82 bits per heavy atom. The molecule has 0 saturated heterocycles. The Hall–Kier alpha value is -3.10. The molecule has 0 saturated carbocycles. The van der Waals surface area contributed by atoms with Crippen LogP contribution in [-0.4, -0.2) is 72.0 Å². The van der Waals surface area contributed by atoms with Crippen molar-refractivity contribution in [3.8, 4) is 5.75 Å². The summed E-state index contributed by atoms with van der Waals surface area (Å²) >= 11 is 0. The van der Waals surface area contributed by atoms with E-state index in [0.717, 1.165) is 17.1 Å². The minimum absolute atomic E-state index is 0.0544. The number of likely N-dealkylation sites (N-methyl/N-ethyl adjacent to an activating group) is 1. The average molecular weight is 386 g/mol. The Balaban J connectivity index is 1.58. The van der Waals surface area contributed by atoms with Crippen molar-refractivity contribution >= 4 is 17.5 Å². The number of nitrogens with one attached hydrogen (secondary N) is 1. The number of anilines is 1. The minimum atomic E-state index is -0.106. The fourth-order valence-electron chi connectivity index (χ4n) is 3.10. The third-order valence-corrected chi connectivity index (χ3v) is 4.71. The van der Waals surface area contributed by atoms with Crippen LogP contribution in [0.3, 0.4) is 0 Å². The molecule has 0 bridgehead atoms. The van der Waals surface area contributed by atoms with Crippen molar-refractivity contribution in [2.75, 3.05) is 39.2 Å². The van der Waals surface area contributed by atoms with E-state index in [9.17, 15) is 9.59 Å². The van der Waals surface area contributed by atoms with Crippen LogP contribution in [0.25, 0.3) is 0 Å². The highest BCUT2D eigenvalue weighted by molar-refractivity contribution is 5.95. The van der Waals surface area contributed by atoms with Crippen LogP contribution < -0.4 is 15.0 Å². The van der Waals surface area contributed by atoms with Gasteiger partial charge in [0.1, 0.15) is 12.4 Å². The van der Waals surface area contributed by atoms with Crippen molar-refractivity contribution in [3.05, 3.63) is 35.7 Å². The molecule has 0 radical (unpaired) electrons. The quantitative estimate of drug-likeness (QED) is 0.785. The Kier molecular flexibility index (Phi) is 5.81. The van der Waals surface area contributed by atoms with Gasteiger partial charge in [-0.2, -0.15) is 0 Å². The van der Waals surface area contributed by atoms with Crippen LogP contribution in [0.1, 0.15) is 22.5 Å². The summed E-state index contributed by atoms with van der Waals surface area (Å²) in [6, 6.07) is 5.27. The first kappa shape index (κ1) is 19.7. The van der Waals surface area contributed by atoms with Crippen LogP contribution in [0, 0.1) is 6.92 Å². The third kappa shape index (κ3) is 4.41. The van der Waals surface area contributed by atoms with Gasteiger partial charge in [0.05, 0.1) is 30.4 Å². The zero-order chi connectivity index (χ0) is 20.3. The molecule has 2 aromatic rings. The molecule has 3 rings (SSSR count). The zero-order valence-electron chi connectivity index (χ0n) is 16.7. The van der Waals surface area contributed by atoms with Crippen molar-refractivity contribution < 1.29 is 14.3 Å². The Labute approximate surface area is 164 Å². The van der Waals surface area contributed by atoms with Gasteiger partial charge in [0.2, 0.25) is 5.91 Å². The first-order chi connectivity index (χ1) is 13.3. The highest BCUT2D eigenvalue weighted by atomic mass is 16.5. The van der Waals surface area contributed by atoms with Crippen molar-refractivity contribution in [1.82, 2.24) is 25.2 Å². The van der Waals surface area contributed by atoms with E-state index in [1.807, 2.05) is 31.1 Å². The largest absolute Gasteiger partial charge is 0.489 e. The van der Waals surface area contributed by atoms with Gasteiger partial charge in [-0.05, 0) is 25.1 Å². The molecule has 0 unspecified atom stereocenters. The molecule has 1 aromatic heterocycles. The first-order valence-electron chi connectivity index (χ1n) is 9.20. The number of benzene rings is 1. The fourth-order valence-corrected chi connectivity index (χ4v) is 3.10. The average Bonchev–Trinajstić information content (AvgIpc) is 3.08. The second-order valence-corrected chi connectivity index (χ2v) is 7.13. The Bertz CT molecular complexity index is 863. The summed E-state index contributed by atoms with van der Waals surface area (Å²) in [5.41, 5.74) is 2.25. The molecule has 1 aliphatic rings. The van der Waals surface area contributed by atoms with Gasteiger partial charge in [-0.1, -0.05) is 5.21 Å². The summed E-state index contributed by atoms with van der Waals surface area (Å²) in [6.45, 7) is 3.34. The summed E-state index contributed by atoms with van der Waals surface area (Å²) in [7, 11) is 5.35. The second-order valence-electron chi connectivity index (χ2n) is 7.13. The Morgan fingerprint density at radius 1 is 1.36 bits per heavy atom. The SMILES string of the molecule is Cc1cn(CCNC(=O)C[C@H]2COc3ccc(C(=O)N(C)C)cc3N2C)nn1.